The maximum atomic E-state index is 12.9. The summed E-state index contributed by atoms with van der Waals surface area (Å²) in [6.07, 6.45) is -4.48. The van der Waals surface area contributed by atoms with E-state index in [1.807, 2.05) is 0 Å². The molecular weight excluding hydrogens is 340 g/mol. The Bertz CT molecular complexity index is 743. The maximum absolute atomic E-state index is 12.9. The fourth-order valence-electron chi connectivity index (χ4n) is 1.90. The Labute approximate surface area is 141 Å². The molecule has 0 fully saturated rings. The van der Waals surface area contributed by atoms with Crippen LogP contribution < -0.4 is 15.6 Å². The van der Waals surface area contributed by atoms with Gasteiger partial charge in [0.05, 0.1) is 11.3 Å². The van der Waals surface area contributed by atoms with Crippen molar-refractivity contribution in [3.8, 4) is 5.75 Å². The van der Waals surface area contributed by atoms with Crippen LogP contribution in [0.15, 0.2) is 48.5 Å². The van der Waals surface area contributed by atoms with Gasteiger partial charge in [0.25, 0.3) is 5.91 Å². The van der Waals surface area contributed by atoms with Crippen molar-refractivity contribution in [2.75, 3.05) is 5.43 Å². The van der Waals surface area contributed by atoms with Crippen LogP contribution in [-0.2, 0) is 11.0 Å². The lowest BCUT2D eigenvalue weighted by molar-refractivity contribution is -0.137. The Morgan fingerprint density at radius 1 is 1.04 bits per heavy atom. The van der Waals surface area contributed by atoms with Crippen molar-refractivity contribution in [2.45, 2.75) is 25.6 Å². The van der Waals surface area contributed by atoms with Crippen LogP contribution in [-0.4, -0.2) is 11.5 Å². The first kappa shape index (κ1) is 18.6. The molecule has 0 radical (unpaired) electrons. The van der Waals surface area contributed by atoms with E-state index < -0.39 is 29.1 Å². The van der Waals surface area contributed by atoms with Gasteiger partial charge in [-0.3, -0.25) is 15.6 Å². The number of hydrogen-bond donors (Lipinski definition) is 2. The number of ether oxygens (including phenoxy) is 1. The second-order valence-electron chi connectivity index (χ2n) is 5.72. The van der Waals surface area contributed by atoms with Crippen molar-refractivity contribution >= 4 is 11.6 Å². The molecule has 0 atom stereocenters. The molecule has 2 aromatic rings. The minimum absolute atomic E-state index is 0.0701. The summed E-state index contributed by atoms with van der Waals surface area (Å²) >= 11 is 0. The average molecular weight is 356 g/mol. The predicted octanol–water partition coefficient (Wildman–Crippen LogP) is 4.15. The number of rotatable bonds is 5. The second-order valence-corrected chi connectivity index (χ2v) is 5.72. The molecule has 0 aromatic heterocycles. The van der Waals surface area contributed by atoms with Crippen LogP contribution in [0.5, 0.6) is 5.75 Å². The monoisotopic (exact) mass is 356 g/mol. The minimum Gasteiger partial charge on any atom is -0.478 e. The van der Waals surface area contributed by atoms with Crippen LogP contribution in [0.3, 0.4) is 0 Å². The highest BCUT2D eigenvalue weighted by atomic mass is 19.4. The molecule has 0 bridgehead atoms. The Balaban J connectivity index is 2.00. The van der Waals surface area contributed by atoms with Gasteiger partial charge in [0.2, 0.25) is 0 Å². The van der Waals surface area contributed by atoms with E-state index >= 15 is 0 Å². The number of halogens is 4. The van der Waals surface area contributed by atoms with Crippen molar-refractivity contribution in [1.82, 2.24) is 5.43 Å². The van der Waals surface area contributed by atoms with Gasteiger partial charge in [-0.25, -0.2) is 4.39 Å². The molecule has 0 spiro atoms. The van der Waals surface area contributed by atoms with Crippen LogP contribution in [0.25, 0.3) is 0 Å². The van der Waals surface area contributed by atoms with Crippen LogP contribution in [0, 0.1) is 5.82 Å². The molecule has 1 amide bonds. The van der Waals surface area contributed by atoms with Gasteiger partial charge in [-0.15, -0.1) is 0 Å². The van der Waals surface area contributed by atoms with E-state index in [2.05, 4.69) is 10.9 Å². The zero-order valence-corrected chi connectivity index (χ0v) is 13.4. The zero-order chi connectivity index (χ0) is 18.7. The van der Waals surface area contributed by atoms with Crippen molar-refractivity contribution < 1.29 is 27.1 Å². The highest BCUT2D eigenvalue weighted by molar-refractivity contribution is 5.85. The first-order valence-corrected chi connectivity index (χ1v) is 7.26. The largest absolute Gasteiger partial charge is 0.478 e. The van der Waals surface area contributed by atoms with Crippen LogP contribution in [0.2, 0.25) is 0 Å². The van der Waals surface area contributed by atoms with Crippen LogP contribution in [0.4, 0.5) is 23.2 Å². The second kappa shape index (κ2) is 7.00. The summed E-state index contributed by atoms with van der Waals surface area (Å²) in [5.74, 6) is -0.782. The number of anilines is 1. The van der Waals surface area contributed by atoms with Crippen molar-refractivity contribution in [2.24, 2.45) is 0 Å². The quantitative estimate of drug-likeness (QED) is 0.625. The number of carbonyl (C=O) groups is 1. The van der Waals surface area contributed by atoms with Crippen molar-refractivity contribution in [3.63, 3.8) is 0 Å². The summed E-state index contributed by atoms with van der Waals surface area (Å²) in [6, 6.07) is 9.49. The van der Waals surface area contributed by atoms with Gasteiger partial charge >= 0.3 is 6.18 Å². The fraction of sp³-hybridized carbons (Fsp3) is 0.235. The van der Waals surface area contributed by atoms with E-state index in [9.17, 15) is 22.4 Å². The molecule has 2 rings (SSSR count). The third kappa shape index (κ3) is 5.10. The molecule has 2 aromatic carbocycles. The lowest BCUT2D eigenvalue weighted by Gasteiger charge is -2.25. The molecule has 0 heterocycles. The number of nitrogens with one attached hydrogen (secondary N) is 2. The Kier molecular flexibility index (Phi) is 5.20. The molecule has 0 unspecified atom stereocenters. The van der Waals surface area contributed by atoms with Crippen LogP contribution >= 0.6 is 0 Å². The standard InChI is InChI=1S/C17H16F4N2O2/c1-16(2,25-14-8-6-12(18)7-9-14)15(24)23-22-13-5-3-4-11(10-13)17(19,20)21/h3-10,22H,1-2H3,(H,23,24). The lowest BCUT2D eigenvalue weighted by atomic mass is 10.1. The van der Waals surface area contributed by atoms with E-state index in [4.69, 9.17) is 4.74 Å². The molecule has 0 saturated heterocycles. The molecule has 8 heteroatoms. The molecular formula is C17H16F4N2O2. The van der Waals surface area contributed by atoms with Gasteiger partial charge in [0, 0.05) is 0 Å². The molecule has 0 aliphatic rings. The molecule has 134 valence electrons. The van der Waals surface area contributed by atoms with Gasteiger partial charge in [0.1, 0.15) is 11.6 Å². The van der Waals surface area contributed by atoms with E-state index in [1.165, 1.54) is 50.2 Å². The number of alkyl halides is 3. The first-order chi connectivity index (χ1) is 11.6. The number of hydrogen-bond acceptors (Lipinski definition) is 3. The summed E-state index contributed by atoms with van der Waals surface area (Å²) in [5.41, 5.74) is 2.60. The van der Waals surface area contributed by atoms with Crippen molar-refractivity contribution in [3.05, 3.63) is 59.9 Å². The molecule has 2 N–H and O–H groups in total. The third-order valence-corrected chi connectivity index (χ3v) is 3.24. The highest BCUT2D eigenvalue weighted by Crippen LogP contribution is 2.30. The van der Waals surface area contributed by atoms with Gasteiger partial charge in [-0.1, -0.05) is 6.07 Å². The van der Waals surface area contributed by atoms with Gasteiger partial charge in [-0.2, -0.15) is 13.2 Å². The third-order valence-electron chi connectivity index (χ3n) is 3.24. The fourth-order valence-corrected chi connectivity index (χ4v) is 1.90. The smallest absolute Gasteiger partial charge is 0.416 e. The number of hydrazine groups is 1. The molecule has 0 aliphatic heterocycles. The summed E-state index contributed by atoms with van der Waals surface area (Å²) in [7, 11) is 0. The average Bonchev–Trinajstić information content (AvgIpc) is 2.54. The van der Waals surface area contributed by atoms with E-state index in [0.717, 1.165) is 12.1 Å². The summed E-state index contributed by atoms with van der Waals surface area (Å²) < 4.78 is 56.4. The SMILES string of the molecule is CC(C)(Oc1ccc(F)cc1)C(=O)NNc1cccc(C(F)(F)F)c1. The van der Waals surface area contributed by atoms with Gasteiger partial charge < -0.3 is 4.74 Å². The highest BCUT2D eigenvalue weighted by Gasteiger charge is 2.31. The number of amides is 1. The Morgan fingerprint density at radius 3 is 2.28 bits per heavy atom. The molecule has 25 heavy (non-hydrogen) atoms. The van der Waals surface area contributed by atoms with E-state index in [1.54, 1.807) is 0 Å². The summed E-state index contributed by atoms with van der Waals surface area (Å²) in [4.78, 5) is 12.2. The topological polar surface area (TPSA) is 50.4 Å². The van der Waals surface area contributed by atoms with Gasteiger partial charge in [-0.05, 0) is 56.3 Å². The van der Waals surface area contributed by atoms with Crippen LogP contribution in [0.1, 0.15) is 19.4 Å². The maximum Gasteiger partial charge on any atom is 0.416 e. The first-order valence-electron chi connectivity index (χ1n) is 7.26. The zero-order valence-electron chi connectivity index (χ0n) is 13.4. The summed E-state index contributed by atoms with van der Waals surface area (Å²) in [6.45, 7) is 2.94. The van der Waals surface area contributed by atoms with Gasteiger partial charge in [0.15, 0.2) is 5.60 Å². The Morgan fingerprint density at radius 2 is 1.68 bits per heavy atom. The normalized spacial score (nSPS) is 11.8. The van der Waals surface area contributed by atoms with E-state index in [0.29, 0.717) is 0 Å². The number of carbonyl (C=O) groups excluding carboxylic acids is 1. The lowest BCUT2D eigenvalue weighted by Crippen LogP contribution is -2.48. The minimum atomic E-state index is -4.48. The summed E-state index contributed by atoms with van der Waals surface area (Å²) in [5, 5.41) is 0. The predicted molar refractivity (Wildman–Crippen MR) is 84.3 cm³/mol. The number of benzene rings is 2. The molecule has 4 nitrogen and oxygen atoms in total. The molecule has 0 saturated carbocycles. The molecule has 0 aliphatic carbocycles. The van der Waals surface area contributed by atoms with E-state index in [-0.39, 0.29) is 11.4 Å². The Hall–Kier alpha value is -2.77. The van der Waals surface area contributed by atoms with Crippen molar-refractivity contribution in [1.29, 1.82) is 0 Å².